The zero-order valence-corrected chi connectivity index (χ0v) is 5.77. The number of hydrogen-bond donors (Lipinski definition) is 1. The van der Waals surface area contributed by atoms with Crippen molar-refractivity contribution >= 4 is 0 Å². The van der Waals surface area contributed by atoms with Crippen molar-refractivity contribution in [3.63, 3.8) is 0 Å². The summed E-state index contributed by atoms with van der Waals surface area (Å²) in [5.41, 5.74) is 0.431. The predicted octanol–water partition coefficient (Wildman–Crippen LogP) is 1.56. The van der Waals surface area contributed by atoms with Crippen LogP contribution >= 0.6 is 0 Å². The van der Waals surface area contributed by atoms with Crippen molar-refractivity contribution in [2.75, 3.05) is 6.61 Å². The van der Waals surface area contributed by atoms with Gasteiger partial charge in [-0.3, -0.25) is 0 Å². The second-order valence-corrected chi connectivity index (χ2v) is 3.65. The van der Waals surface area contributed by atoms with Crippen LogP contribution < -0.4 is 0 Å². The lowest BCUT2D eigenvalue weighted by molar-refractivity contribution is -0.000469. The molecule has 0 aliphatic heterocycles. The Balaban J connectivity index is 2.10. The summed E-state index contributed by atoms with van der Waals surface area (Å²) in [4.78, 5) is 0. The van der Waals surface area contributed by atoms with Gasteiger partial charge in [-0.05, 0) is 37.0 Å². The molecule has 2 unspecified atom stereocenters. The Kier molecular flexibility index (Phi) is 1.10. The van der Waals surface area contributed by atoms with Crippen molar-refractivity contribution < 1.29 is 5.11 Å². The summed E-state index contributed by atoms with van der Waals surface area (Å²) in [5.74, 6) is 0.905. The van der Waals surface area contributed by atoms with Crippen molar-refractivity contribution in [3.05, 3.63) is 0 Å². The normalized spacial score (nSPS) is 48.3. The van der Waals surface area contributed by atoms with Crippen LogP contribution in [0.15, 0.2) is 0 Å². The first-order valence-electron chi connectivity index (χ1n) is 3.98. The Labute approximate surface area is 56.1 Å². The molecule has 2 rings (SSSR count). The molecule has 1 heteroatoms. The van der Waals surface area contributed by atoms with E-state index in [1.54, 1.807) is 0 Å². The summed E-state index contributed by atoms with van der Waals surface area (Å²) in [6.07, 6.45) is 6.74. The fourth-order valence-corrected chi connectivity index (χ4v) is 2.52. The number of aliphatic hydroxyl groups excluding tert-OH is 1. The third-order valence-electron chi connectivity index (χ3n) is 3.40. The Bertz CT molecular complexity index is 118. The van der Waals surface area contributed by atoms with E-state index in [0.29, 0.717) is 12.0 Å². The monoisotopic (exact) mass is 126 g/mol. The van der Waals surface area contributed by atoms with E-state index in [4.69, 9.17) is 5.11 Å². The van der Waals surface area contributed by atoms with Gasteiger partial charge in [0.25, 0.3) is 0 Å². The Morgan fingerprint density at radius 1 is 1.33 bits per heavy atom. The minimum Gasteiger partial charge on any atom is -0.396 e. The maximum Gasteiger partial charge on any atom is 0.0490 e. The smallest absolute Gasteiger partial charge is 0.0490 e. The van der Waals surface area contributed by atoms with Gasteiger partial charge in [-0.15, -0.1) is 0 Å². The van der Waals surface area contributed by atoms with Crippen LogP contribution in [-0.2, 0) is 0 Å². The Hall–Kier alpha value is -0.0400. The molecule has 0 aromatic carbocycles. The van der Waals surface area contributed by atoms with Crippen LogP contribution in [0.2, 0.25) is 0 Å². The quantitative estimate of drug-likeness (QED) is 0.565. The van der Waals surface area contributed by atoms with Gasteiger partial charge in [0.15, 0.2) is 0 Å². The molecule has 0 heterocycles. The SMILES string of the molecule is OCC12CCCC1CC2. The van der Waals surface area contributed by atoms with E-state index in [-0.39, 0.29) is 0 Å². The molecule has 2 saturated carbocycles. The zero-order chi connectivity index (χ0) is 6.32. The maximum absolute atomic E-state index is 9.05. The highest BCUT2D eigenvalue weighted by Crippen LogP contribution is 2.56. The molecule has 0 saturated heterocycles. The highest BCUT2D eigenvalue weighted by atomic mass is 16.3. The summed E-state index contributed by atoms with van der Waals surface area (Å²) in [5, 5.41) is 9.05. The van der Waals surface area contributed by atoms with E-state index in [9.17, 15) is 0 Å². The molecule has 0 aromatic rings. The molecule has 2 aliphatic rings. The first kappa shape index (κ1) is 5.72. The molecule has 1 N–H and O–H groups in total. The van der Waals surface area contributed by atoms with E-state index in [0.717, 1.165) is 5.92 Å². The molecule has 0 aromatic heterocycles. The number of fused-ring (bicyclic) bond motifs is 1. The molecule has 9 heavy (non-hydrogen) atoms. The molecule has 2 atom stereocenters. The average molecular weight is 126 g/mol. The fraction of sp³-hybridized carbons (Fsp3) is 1.00. The lowest BCUT2D eigenvalue weighted by Gasteiger charge is -2.43. The molecule has 2 fully saturated rings. The van der Waals surface area contributed by atoms with E-state index in [1.165, 1.54) is 32.1 Å². The summed E-state index contributed by atoms with van der Waals surface area (Å²) in [7, 11) is 0. The highest BCUT2D eigenvalue weighted by molar-refractivity contribution is 4.99. The van der Waals surface area contributed by atoms with E-state index < -0.39 is 0 Å². The van der Waals surface area contributed by atoms with Gasteiger partial charge in [0.05, 0.1) is 0 Å². The van der Waals surface area contributed by atoms with Crippen LogP contribution in [0.3, 0.4) is 0 Å². The van der Waals surface area contributed by atoms with Gasteiger partial charge in [0.2, 0.25) is 0 Å². The van der Waals surface area contributed by atoms with Gasteiger partial charge >= 0.3 is 0 Å². The van der Waals surface area contributed by atoms with Crippen LogP contribution in [0.1, 0.15) is 32.1 Å². The first-order valence-corrected chi connectivity index (χ1v) is 3.98. The van der Waals surface area contributed by atoms with Crippen LogP contribution in [0.4, 0.5) is 0 Å². The summed E-state index contributed by atoms with van der Waals surface area (Å²) in [6, 6.07) is 0. The van der Waals surface area contributed by atoms with E-state index >= 15 is 0 Å². The Morgan fingerprint density at radius 2 is 2.22 bits per heavy atom. The molecule has 0 amide bonds. The largest absolute Gasteiger partial charge is 0.396 e. The minimum atomic E-state index is 0.431. The lowest BCUT2D eigenvalue weighted by Crippen LogP contribution is -2.38. The van der Waals surface area contributed by atoms with Crippen molar-refractivity contribution in [2.24, 2.45) is 11.3 Å². The van der Waals surface area contributed by atoms with Crippen molar-refractivity contribution in [1.29, 1.82) is 0 Å². The molecular formula is C8H14O. The van der Waals surface area contributed by atoms with Crippen molar-refractivity contribution in [3.8, 4) is 0 Å². The van der Waals surface area contributed by atoms with Gasteiger partial charge in [-0.2, -0.15) is 0 Å². The molecule has 0 radical (unpaired) electrons. The molecule has 2 aliphatic carbocycles. The van der Waals surface area contributed by atoms with Crippen molar-refractivity contribution in [1.82, 2.24) is 0 Å². The summed E-state index contributed by atoms with van der Waals surface area (Å²) < 4.78 is 0. The molecule has 1 nitrogen and oxygen atoms in total. The molecule has 0 bridgehead atoms. The highest BCUT2D eigenvalue weighted by Gasteiger charge is 2.48. The van der Waals surface area contributed by atoms with Gasteiger partial charge < -0.3 is 5.11 Å². The zero-order valence-electron chi connectivity index (χ0n) is 5.77. The third kappa shape index (κ3) is 0.586. The molecular weight excluding hydrogens is 112 g/mol. The van der Waals surface area contributed by atoms with Gasteiger partial charge in [-0.25, -0.2) is 0 Å². The Morgan fingerprint density at radius 3 is 2.56 bits per heavy atom. The minimum absolute atomic E-state index is 0.431. The lowest BCUT2D eigenvalue weighted by atomic mass is 9.63. The van der Waals surface area contributed by atoms with Gasteiger partial charge in [-0.1, -0.05) is 6.42 Å². The van der Waals surface area contributed by atoms with Crippen LogP contribution in [-0.4, -0.2) is 11.7 Å². The van der Waals surface area contributed by atoms with Crippen molar-refractivity contribution in [2.45, 2.75) is 32.1 Å². The summed E-state index contributed by atoms with van der Waals surface area (Å²) >= 11 is 0. The topological polar surface area (TPSA) is 20.2 Å². The predicted molar refractivity (Wildman–Crippen MR) is 36.1 cm³/mol. The van der Waals surface area contributed by atoms with E-state index in [2.05, 4.69) is 0 Å². The standard InChI is InChI=1S/C8H14O/c9-6-8-4-1-2-7(8)3-5-8/h7,9H,1-6H2. The third-order valence-corrected chi connectivity index (χ3v) is 3.40. The second kappa shape index (κ2) is 1.72. The maximum atomic E-state index is 9.05. The fourth-order valence-electron chi connectivity index (χ4n) is 2.52. The van der Waals surface area contributed by atoms with Crippen LogP contribution in [0, 0.1) is 11.3 Å². The van der Waals surface area contributed by atoms with Crippen LogP contribution in [0.5, 0.6) is 0 Å². The number of rotatable bonds is 1. The average Bonchev–Trinajstić information content (AvgIpc) is 2.10. The second-order valence-electron chi connectivity index (χ2n) is 3.65. The number of aliphatic hydroxyl groups is 1. The molecule has 0 spiro atoms. The van der Waals surface area contributed by atoms with Gasteiger partial charge in [0, 0.05) is 6.61 Å². The molecule has 52 valence electrons. The summed E-state index contributed by atoms with van der Waals surface area (Å²) in [6.45, 7) is 0.456. The van der Waals surface area contributed by atoms with E-state index in [1.807, 2.05) is 0 Å². The number of hydrogen-bond acceptors (Lipinski definition) is 1. The van der Waals surface area contributed by atoms with Crippen LogP contribution in [0.25, 0.3) is 0 Å². The van der Waals surface area contributed by atoms with Gasteiger partial charge in [0.1, 0.15) is 0 Å². The first-order chi connectivity index (χ1) is 4.37.